The first kappa shape index (κ1) is 13.1. The zero-order valence-electron chi connectivity index (χ0n) is 10.8. The first-order chi connectivity index (χ1) is 9.29. The van der Waals surface area contributed by atoms with Gasteiger partial charge in [-0.2, -0.15) is 0 Å². The molecule has 19 heavy (non-hydrogen) atoms. The number of H-pyrrole nitrogens is 1. The summed E-state index contributed by atoms with van der Waals surface area (Å²) < 4.78 is 5.46. The highest BCUT2D eigenvalue weighted by molar-refractivity contribution is 5.92. The van der Waals surface area contributed by atoms with Gasteiger partial charge in [-0.15, -0.1) is 0 Å². The number of benzene rings is 1. The second-order valence-electron chi connectivity index (χ2n) is 4.05. The van der Waals surface area contributed by atoms with Crippen molar-refractivity contribution in [2.24, 2.45) is 0 Å². The summed E-state index contributed by atoms with van der Waals surface area (Å²) in [6.07, 6.45) is 4.38. The predicted molar refractivity (Wildman–Crippen MR) is 73.1 cm³/mol. The van der Waals surface area contributed by atoms with Crippen molar-refractivity contribution in [3.05, 3.63) is 42.5 Å². The highest BCUT2D eigenvalue weighted by Crippen LogP contribution is 2.23. The second kappa shape index (κ2) is 6.58. The van der Waals surface area contributed by atoms with Gasteiger partial charge in [-0.25, -0.2) is 4.98 Å². The van der Waals surface area contributed by atoms with Gasteiger partial charge in [0.2, 0.25) is 5.91 Å². The summed E-state index contributed by atoms with van der Waals surface area (Å²) in [5, 5.41) is 2.86. The summed E-state index contributed by atoms with van der Waals surface area (Å²) in [4.78, 5) is 18.8. The molecule has 0 saturated heterocycles. The Morgan fingerprint density at radius 1 is 1.42 bits per heavy atom. The second-order valence-corrected chi connectivity index (χ2v) is 4.05. The van der Waals surface area contributed by atoms with Crippen molar-refractivity contribution in [3.8, 4) is 5.75 Å². The van der Waals surface area contributed by atoms with Crippen molar-refractivity contribution in [1.29, 1.82) is 0 Å². The molecule has 0 aliphatic rings. The number of ether oxygens (including phenoxy) is 1. The molecule has 0 unspecified atom stereocenters. The van der Waals surface area contributed by atoms with Crippen LogP contribution in [0.1, 0.15) is 19.0 Å². The number of aryl methyl sites for hydroxylation is 1. The monoisotopic (exact) mass is 259 g/mol. The number of amides is 1. The molecule has 100 valence electrons. The molecule has 2 aromatic rings. The van der Waals surface area contributed by atoms with Crippen LogP contribution in [-0.4, -0.2) is 22.5 Å². The quantitative estimate of drug-likeness (QED) is 0.837. The summed E-state index contributed by atoms with van der Waals surface area (Å²) in [7, 11) is 0. The van der Waals surface area contributed by atoms with E-state index in [1.54, 1.807) is 12.5 Å². The van der Waals surface area contributed by atoms with E-state index < -0.39 is 0 Å². The van der Waals surface area contributed by atoms with Gasteiger partial charge in [-0.05, 0) is 25.5 Å². The molecule has 0 bridgehead atoms. The van der Waals surface area contributed by atoms with Gasteiger partial charge in [0.25, 0.3) is 0 Å². The number of carbonyl (C=O) groups excluding carboxylic acids is 1. The van der Waals surface area contributed by atoms with Crippen molar-refractivity contribution in [2.75, 3.05) is 11.9 Å². The molecule has 0 radical (unpaired) electrons. The third kappa shape index (κ3) is 3.84. The first-order valence-corrected chi connectivity index (χ1v) is 6.28. The number of rotatable bonds is 6. The largest absolute Gasteiger partial charge is 0.492 e. The van der Waals surface area contributed by atoms with Crippen LogP contribution in [0.15, 0.2) is 36.8 Å². The van der Waals surface area contributed by atoms with Crippen molar-refractivity contribution in [3.63, 3.8) is 0 Å². The van der Waals surface area contributed by atoms with E-state index in [1.807, 2.05) is 31.2 Å². The van der Waals surface area contributed by atoms with E-state index in [9.17, 15) is 4.79 Å². The van der Waals surface area contributed by atoms with Gasteiger partial charge in [0.1, 0.15) is 5.75 Å². The lowest BCUT2D eigenvalue weighted by Gasteiger charge is -2.10. The van der Waals surface area contributed by atoms with Crippen molar-refractivity contribution in [1.82, 2.24) is 9.97 Å². The molecule has 5 heteroatoms. The summed E-state index contributed by atoms with van der Waals surface area (Å²) in [6, 6.07) is 7.42. The maximum Gasteiger partial charge on any atom is 0.224 e. The topological polar surface area (TPSA) is 67.0 Å². The van der Waals surface area contributed by atoms with Crippen LogP contribution < -0.4 is 10.1 Å². The zero-order chi connectivity index (χ0) is 13.5. The van der Waals surface area contributed by atoms with Gasteiger partial charge >= 0.3 is 0 Å². The summed E-state index contributed by atoms with van der Waals surface area (Å²) in [5.41, 5.74) is 1.66. The lowest BCUT2D eigenvalue weighted by Crippen LogP contribution is -2.13. The minimum Gasteiger partial charge on any atom is -0.492 e. The van der Waals surface area contributed by atoms with Gasteiger partial charge < -0.3 is 15.0 Å². The Labute approximate surface area is 112 Å². The number of imidazole rings is 1. The molecule has 5 nitrogen and oxygen atoms in total. The lowest BCUT2D eigenvalue weighted by molar-refractivity contribution is -0.116. The molecule has 0 aliphatic carbocycles. The van der Waals surface area contributed by atoms with E-state index in [2.05, 4.69) is 15.3 Å². The van der Waals surface area contributed by atoms with Gasteiger partial charge in [0.05, 0.1) is 18.6 Å². The van der Waals surface area contributed by atoms with Gasteiger partial charge in [0.15, 0.2) is 0 Å². The fraction of sp³-hybridized carbons (Fsp3) is 0.286. The number of nitrogens with one attached hydrogen (secondary N) is 2. The average Bonchev–Trinajstić information content (AvgIpc) is 2.92. The van der Waals surface area contributed by atoms with Crippen LogP contribution in [0.2, 0.25) is 0 Å². The van der Waals surface area contributed by atoms with Gasteiger partial charge in [0, 0.05) is 18.3 Å². The Hall–Kier alpha value is -2.30. The smallest absolute Gasteiger partial charge is 0.224 e. The molecule has 0 atom stereocenters. The van der Waals surface area contributed by atoms with Crippen LogP contribution in [0.3, 0.4) is 0 Å². The molecule has 1 amide bonds. The number of aromatic nitrogens is 2. The van der Waals surface area contributed by atoms with Crippen LogP contribution in [0, 0.1) is 0 Å². The molecule has 1 heterocycles. The molecular formula is C14H17N3O2. The van der Waals surface area contributed by atoms with Gasteiger partial charge in [-0.1, -0.05) is 12.1 Å². The molecule has 1 aromatic heterocycles. The Bertz CT molecular complexity index is 523. The molecule has 2 N–H and O–H groups in total. The standard InChI is InChI=1S/C14H17N3O2/c1-2-19-13-6-4-3-5-12(13)17-14(18)8-7-11-9-15-10-16-11/h3-6,9-10H,2,7-8H2,1H3,(H,15,16)(H,17,18). The van der Waals surface area contributed by atoms with Crippen LogP contribution >= 0.6 is 0 Å². The number of anilines is 1. The molecule has 0 fully saturated rings. The molecule has 0 saturated carbocycles. The van der Waals surface area contributed by atoms with Crippen LogP contribution in [0.25, 0.3) is 0 Å². The Morgan fingerprint density at radius 2 is 2.26 bits per heavy atom. The first-order valence-electron chi connectivity index (χ1n) is 6.28. The van der Waals surface area contributed by atoms with E-state index >= 15 is 0 Å². The normalized spacial score (nSPS) is 10.2. The number of hydrogen-bond acceptors (Lipinski definition) is 3. The lowest BCUT2D eigenvalue weighted by atomic mass is 10.2. The number of hydrogen-bond donors (Lipinski definition) is 2. The molecule has 0 aliphatic heterocycles. The van der Waals surface area contributed by atoms with Crippen molar-refractivity contribution >= 4 is 11.6 Å². The Morgan fingerprint density at radius 3 is 3.00 bits per heavy atom. The van der Waals surface area contributed by atoms with Crippen molar-refractivity contribution in [2.45, 2.75) is 19.8 Å². The summed E-state index contributed by atoms with van der Waals surface area (Å²) in [6.45, 7) is 2.48. The highest BCUT2D eigenvalue weighted by Gasteiger charge is 2.07. The summed E-state index contributed by atoms with van der Waals surface area (Å²) >= 11 is 0. The number of carbonyl (C=O) groups is 1. The van der Waals surface area contributed by atoms with Crippen LogP contribution in [-0.2, 0) is 11.2 Å². The van der Waals surface area contributed by atoms with E-state index in [-0.39, 0.29) is 5.91 Å². The van der Waals surface area contributed by atoms with E-state index in [4.69, 9.17) is 4.74 Å². The average molecular weight is 259 g/mol. The van der Waals surface area contributed by atoms with E-state index in [0.717, 1.165) is 5.69 Å². The molecule has 0 spiro atoms. The van der Waals surface area contributed by atoms with E-state index in [1.165, 1.54) is 0 Å². The third-order valence-corrected chi connectivity index (χ3v) is 2.64. The fourth-order valence-corrected chi connectivity index (χ4v) is 1.73. The number of aromatic amines is 1. The number of para-hydroxylation sites is 2. The van der Waals surface area contributed by atoms with E-state index in [0.29, 0.717) is 30.9 Å². The Kier molecular flexibility index (Phi) is 4.55. The third-order valence-electron chi connectivity index (χ3n) is 2.64. The zero-order valence-corrected chi connectivity index (χ0v) is 10.8. The minimum atomic E-state index is -0.0400. The molecule has 2 rings (SSSR count). The van der Waals surface area contributed by atoms with Crippen LogP contribution in [0.4, 0.5) is 5.69 Å². The minimum absolute atomic E-state index is 0.0400. The predicted octanol–water partition coefficient (Wildman–Crippen LogP) is 2.38. The Balaban J connectivity index is 1.91. The maximum absolute atomic E-state index is 11.9. The molecule has 1 aromatic carbocycles. The number of nitrogens with zero attached hydrogens (tertiary/aromatic N) is 1. The fourth-order valence-electron chi connectivity index (χ4n) is 1.73. The van der Waals surface area contributed by atoms with Crippen LogP contribution in [0.5, 0.6) is 5.75 Å². The summed E-state index contributed by atoms with van der Waals surface area (Å²) in [5.74, 6) is 0.654. The highest BCUT2D eigenvalue weighted by atomic mass is 16.5. The molecular weight excluding hydrogens is 242 g/mol. The maximum atomic E-state index is 11.9. The van der Waals surface area contributed by atoms with Crippen molar-refractivity contribution < 1.29 is 9.53 Å². The van der Waals surface area contributed by atoms with Gasteiger partial charge in [-0.3, -0.25) is 4.79 Å². The SMILES string of the molecule is CCOc1ccccc1NC(=O)CCc1cnc[nH]1.